The van der Waals surface area contributed by atoms with Crippen LogP contribution in [-0.4, -0.2) is 43.0 Å². The quantitative estimate of drug-likeness (QED) is 0.661. The van der Waals surface area contributed by atoms with Gasteiger partial charge in [0.25, 0.3) is 0 Å². The summed E-state index contributed by atoms with van der Waals surface area (Å²) in [5.74, 6) is 0.959. The third-order valence-electron chi connectivity index (χ3n) is 4.20. The van der Waals surface area contributed by atoms with Gasteiger partial charge in [0.2, 0.25) is 5.90 Å². The highest BCUT2D eigenvalue weighted by atomic mass is 32.2. The number of aliphatic imine (C=N–C) groups is 1. The molecular weight excluding hydrogens is 339 g/mol. The third kappa shape index (κ3) is 6.89. The molecule has 2 aliphatic rings. The van der Waals surface area contributed by atoms with E-state index in [2.05, 4.69) is 15.8 Å². The number of nitrogens with zero attached hydrogens (tertiary/aromatic N) is 1. The lowest BCUT2D eigenvalue weighted by atomic mass is 9.87. The number of rotatable bonds is 5. The van der Waals surface area contributed by atoms with Crippen LogP contribution in [0.1, 0.15) is 32.6 Å². The minimum absolute atomic E-state index is 0.302. The number of thioether (sulfide) groups is 1. The van der Waals surface area contributed by atoms with Gasteiger partial charge in [0.15, 0.2) is 0 Å². The van der Waals surface area contributed by atoms with E-state index in [1.54, 1.807) is 11.8 Å². The maximum Gasteiger partial charge on any atom is 0.522 e. The van der Waals surface area contributed by atoms with Crippen molar-refractivity contribution in [2.24, 2.45) is 10.9 Å². The van der Waals surface area contributed by atoms with Crippen molar-refractivity contribution in [3.63, 3.8) is 0 Å². The van der Waals surface area contributed by atoms with Crippen molar-refractivity contribution >= 4 is 17.7 Å². The molecule has 0 amide bonds. The number of allylic oxidation sites excluding steroid dienone is 3. The van der Waals surface area contributed by atoms with Gasteiger partial charge >= 0.3 is 6.36 Å². The van der Waals surface area contributed by atoms with Gasteiger partial charge < -0.3 is 4.74 Å². The van der Waals surface area contributed by atoms with Crippen LogP contribution in [0.15, 0.2) is 28.8 Å². The van der Waals surface area contributed by atoms with Gasteiger partial charge in [-0.3, -0.25) is 9.73 Å². The predicted octanol–water partition coefficient (Wildman–Crippen LogP) is 4.74. The van der Waals surface area contributed by atoms with Crippen LogP contribution in [0.4, 0.5) is 13.2 Å². The molecule has 1 atom stereocenters. The number of alkyl halides is 3. The molecule has 0 bridgehead atoms. The van der Waals surface area contributed by atoms with Crippen molar-refractivity contribution in [2.75, 3.05) is 19.4 Å². The number of hydrogen-bond donors (Lipinski definition) is 0. The lowest BCUT2D eigenvalue weighted by Crippen LogP contribution is -2.27. The van der Waals surface area contributed by atoms with E-state index in [-0.39, 0.29) is 0 Å². The summed E-state index contributed by atoms with van der Waals surface area (Å²) < 4.78 is 46.3. The van der Waals surface area contributed by atoms with E-state index in [0.717, 1.165) is 25.0 Å². The molecular formula is C17H24F3NO2S. The molecule has 1 heterocycles. The summed E-state index contributed by atoms with van der Waals surface area (Å²) in [5.41, 5.74) is 1.03. The van der Waals surface area contributed by atoms with Gasteiger partial charge in [-0.2, -0.15) is 11.8 Å². The minimum Gasteiger partial charge on any atom is -0.477 e. The first kappa shape index (κ1) is 19.4. The Morgan fingerprint density at radius 3 is 2.54 bits per heavy atom. The fourth-order valence-electron chi connectivity index (χ4n) is 2.82. The van der Waals surface area contributed by atoms with E-state index in [1.807, 2.05) is 25.3 Å². The van der Waals surface area contributed by atoms with Crippen molar-refractivity contribution in [3.8, 4) is 0 Å². The molecule has 0 saturated heterocycles. The van der Waals surface area contributed by atoms with Gasteiger partial charge in [0.05, 0.1) is 17.9 Å². The second-order valence-electron chi connectivity index (χ2n) is 6.20. The average Bonchev–Trinajstić information content (AvgIpc) is 2.53. The maximum absolute atomic E-state index is 12.2. The lowest BCUT2D eigenvalue weighted by molar-refractivity contribution is -0.345. The molecule has 1 aliphatic carbocycles. The highest BCUT2D eigenvalue weighted by Crippen LogP contribution is 2.31. The zero-order valence-electron chi connectivity index (χ0n) is 14.0. The van der Waals surface area contributed by atoms with E-state index in [0.29, 0.717) is 36.5 Å². The minimum atomic E-state index is -4.53. The van der Waals surface area contributed by atoms with Crippen LogP contribution in [0, 0.1) is 5.92 Å². The molecule has 0 radical (unpaired) electrons. The first-order valence-electron chi connectivity index (χ1n) is 8.17. The molecule has 136 valence electrons. The summed E-state index contributed by atoms with van der Waals surface area (Å²) in [6, 6.07) is 0. The SMILES string of the molecule is CSC1CN=C(/C=C(C)/C=C/C2CCC(OC(F)(F)F)CC2)OC1. The number of halogens is 3. The van der Waals surface area contributed by atoms with Crippen LogP contribution in [-0.2, 0) is 9.47 Å². The smallest absolute Gasteiger partial charge is 0.477 e. The van der Waals surface area contributed by atoms with Crippen molar-refractivity contribution in [2.45, 2.75) is 50.3 Å². The number of hydrogen-bond acceptors (Lipinski definition) is 4. The summed E-state index contributed by atoms with van der Waals surface area (Å²) in [7, 11) is 0. The van der Waals surface area contributed by atoms with Crippen LogP contribution in [0.2, 0.25) is 0 Å². The van der Waals surface area contributed by atoms with Gasteiger partial charge in [-0.1, -0.05) is 12.2 Å². The molecule has 0 aromatic heterocycles. The Labute approximate surface area is 145 Å². The van der Waals surface area contributed by atoms with E-state index in [1.165, 1.54) is 0 Å². The molecule has 1 unspecified atom stereocenters. The molecule has 1 saturated carbocycles. The second-order valence-corrected chi connectivity index (χ2v) is 7.33. The first-order valence-corrected chi connectivity index (χ1v) is 9.45. The monoisotopic (exact) mass is 363 g/mol. The van der Waals surface area contributed by atoms with Crippen molar-refractivity contribution in [1.29, 1.82) is 0 Å². The molecule has 2 rings (SSSR count). The van der Waals surface area contributed by atoms with Gasteiger partial charge in [-0.15, -0.1) is 13.2 Å². The normalized spacial score (nSPS) is 29.5. The number of ether oxygens (including phenoxy) is 2. The Hall–Kier alpha value is -0.950. The Balaban J connectivity index is 1.77. The molecule has 1 aliphatic heterocycles. The molecule has 0 spiro atoms. The summed E-state index contributed by atoms with van der Waals surface area (Å²) in [6.07, 6.45) is 5.15. The largest absolute Gasteiger partial charge is 0.522 e. The fourth-order valence-corrected chi connectivity index (χ4v) is 3.24. The Bertz CT molecular complexity index is 495. The van der Waals surface area contributed by atoms with E-state index in [9.17, 15) is 13.2 Å². The Kier molecular flexibility index (Phi) is 7.22. The summed E-state index contributed by atoms with van der Waals surface area (Å²) in [6.45, 7) is 3.42. The summed E-state index contributed by atoms with van der Waals surface area (Å²) in [4.78, 5) is 4.40. The van der Waals surface area contributed by atoms with Crippen LogP contribution < -0.4 is 0 Å². The molecule has 7 heteroatoms. The molecule has 0 aromatic rings. The maximum atomic E-state index is 12.2. The van der Waals surface area contributed by atoms with Gasteiger partial charge in [-0.25, -0.2) is 0 Å². The lowest BCUT2D eigenvalue weighted by Gasteiger charge is -2.27. The summed E-state index contributed by atoms with van der Waals surface area (Å²) >= 11 is 1.75. The van der Waals surface area contributed by atoms with Crippen molar-refractivity contribution in [3.05, 3.63) is 23.8 Å². The van der Waals surface area contributed by atoms with Crippen LogP contribution >= 0.6 is 11.8 Å². The zero-order chi connectivity index (χ0) is 17.6. The van der Waals surface area contributed by atoms with Crippen LogP contribution in [0.25, 0.3) is 0 Å². The third-order valence-corrected chi connectivity index (χ3v) is 5.15. The first-order chi connectivity index (χ1) is 11.4. The van der Waals surface area contributed by atoms with Crippen LogP contribution in [0.5, 0.6) is 0 Å². The topological polar surface area (TPSA) is 30.8 Å². The molecule has 0 N–H and O–H groups in total. The van der Waals surface area contributed by atoms with Crippen molar-refractivity contribution < 1.29 is 22.6 Å². The highest BCUT2D eigenvalue weighted by molar-refractivity contribution is 7.99. The van der Waals surface area contributed by atoms with Crippen LogP contribution in [0.3, 0.4) is 0 Å². The molecule has 1 fully saturated rings. The molecule has 3 nitrogen and oxygen atoms in total. The van der Waals surface area contributed by atoms with E-state index >= 15 is 0 Å². The predicted molar refractivity (Wildman–Crippen MR) is 91.3 cm³/mol. The highest BCUT2D eigenvalue weighted by Gasteiger charge is 2.34. The van der Waals surface area contributed by atoms with Crippen molar-refractivity contribution in [1.82, 2.24) is 0 Å². The summed E-state index contributed by atoms with van der Waals surface area (Å²) in [5, 5.41) is 0.423. The Morgan fingerprint density at radius 2 is 2.00 bits per heavy atom. The van der Waals surface area contributed by atoms with E-state index in [4.69, 9.17) is 4.74 Å². The molecule has 0 aromatic carbocycles. The van der Waals surface area contributed by atoms with E-state index < -0.39 is 12.5 Å². The van der Waals surface area contributed by atoms with Gasteiger partial charge in [0, 0.05) is 6.08 Å². The second kappa shape index (κ2) is 8.94. The molecule has 24 heavy (non-hydrogen) atoms. The fraction of sp³-hybridized carbons (Fsp3) is 0.706. The average molecular weight is 363 g/mol. The van der Waals surface area contributed by atoms with Gasteiger partial charge in [-0.05, 0) is 50.4 Å². The Morgan fingerprint density at radius 1 is 1.29 bits per heavy atom. The standard InChI is InChI=1S/C17H24F3NO2S/c1-12(9-16-21-10-15(24-2)11-22-16)3-4-13-5-7-14(8-6-13)23-17(18,19)20/h3-4,9,13-15H,5-8,10-11H2,1-2H3/b4-3+,12-9+. The van der Waals surface area contributed by atoms with Gasteiger partial charge in [0.1, 0.15) is 6.61 Å². The zero-order valence-corrected chi connectivity index (χ0v) is 14.8.